The van der Waals surface area contributed by atoms with Crippen molar-refractivity contribution in [3.63, 3.8) is 0 Å². The lowest BCUT2D eigenvalue weighted by molar-refractivity contribution is 1.01. The first-order chi connectivity index (χ1) is 26.3. The molecule has 0 aliphatic carbocycles. The van der Waals surface area contributed by atoms with E-state index in [1.807, 2.05) is 22.7 Å². The quantitative estimate of drug-likeness (QED) is 0.183. The molecule has 4 aromatic heterocycles. The molecule has 0 saturated carbocycles. The average Bonchev–Trinajstić information content (AvgIpc) is 3.90. The zero-order chi connectivity index (χ0) is 34.6. The summed E-state index contributed by atoms with van der Waals surface area (Å²) in [5.41, 5.74) is 7.57. The Morgan fingerprint density at radius 1 is 0.396 bits per heavy atom. The molecular formula is C48H27N3S2. The van der Waals surface area contributed by atoms with Gasteiger partial charge in [-0.3, -0.25) is 4.57 Å². The van der Waals surface area contributed by atoms with Crippen LogP contribution in [0.5, 0.6) is 0 Å². The normalized spacial score (nSPS) is 12.2. The average molecular weight is 710 g/mol. The molecule has 0 aliphatic heterocycles. The Morgan fingerprint density at radius 2 is 0.943 bits per heavy atom. The molecule has 0 radical (unpaired) electrons. The first-order valence-corrected chi connectivity index (χ1v) is 19.5. The highest BCUT2D eigenvalue weighted by molar-refractivity contribution is 7.28. The molecule has 0 aliphatic rings. The number of nitrogens with zero attached hydrogens (tertiary/aromatic N) is 3. The molecule has 0 unspecified atom stereocenters. The van der Waals surface area contributed by atoms with Crippen molar-refractivity contribution >= 4 is 106 Å². The molecule has 0 fully saturated rings. The van der Waals surface area contributed by atoms with Gasteiger partial charge in [-0.2, -0.15) is 0 Å². The molecule has 3 nitrogen and oxygen atoms in total. The van der Waals surface area contributed by atoms with Gasteiger partial charge in [0.1, 0.15) is 0 Å². The topological polar surface area (TPSA) is 30.7 Å². The first-order valence-electron chi connectivity index (χ1n) is 17.8. The summed E-state index contributed by atoms with van der Waals surface area (Å²) in [4.78, 5) is 10.8. The highest BCUT2D eigenvalue weighted by Gasteiger charge is 2.23. The summed E-state index contributed by atoms with van der Waals surface area (Å²) in [5.74, 6) is 0.678. The predicted octanol–water partition coefficient (Wildman–Crippen LogP) is 13.9. The smallest absolute Gasteiger partial charge is 0.235 e. The van der Waals surface area contributed by atoms with Crippen molar-refractivity contribution < 1.29 is 0 Å². The van der Waals surface area contributed by atoms with Crippen LogP contribution < -0.4 is 0 Å². The van der Waals surface area contributed by atoms with Gasteiger partial charge in [-0.25, -0.2) is 9.97 Å². The van der Waals surface area contributed by atoms with E-state index in [-0.39, 0.29) is 0 Å². The maximum absolute atomic E-state index is 5.47. The molecular weight excluding hydrogens is 683 g/mol. The van der Waals surface area contributed by atoms with E-state index >= 15 is 0 Å². The van der Waals surface area contributed by atoms with Gasteiger partial charge in [-0.1, -0.05) is 133 Å². The number of benzene rings is 8. The van der Waals surface area contributed by atoms with Gasteiger partial charge in [0.05, 0.1) is 22.2 Å². The SMILES string of the molecule is c1ccc2c(-c3ccc(-c4nc(-n5c6ccc7c8ccccc8sc7c6c6c7sc8ccccc8c7ccc65)nc5ccccc45)cc3)cccc2c1. The van der Waals surface area contributed by atoms with Crippen LogP contribution in [-0.4, -0.2) is 14.5 Å². The summed E-state index contributed by atoms with van der Waals surface area (Å²) in [6.07, 6.45) is 0. The molecule has 0 spiro atoms. The van der Waals surface area contributed by atoms with E-state index in [9.17, 15) is 0 Å². The zero-order valence-corrected chi connectivity index (χ0v) is 29.9. The van der Waals surface area contributed by atoms with Crippen LogP contribution in [0.4, 0.5) is 0 Å². The molecule has 12 aromatic rings. The van der Waals surface area contributed by atoms with Crippen molar-refractivity contribution in [3.05, 3.63) is 164 Å². The van der Waals surface area contributed by atoms with Gasteiger partial charge in [-0.15, -0.1) is 22.7 Å². The van der Waals surface area contributed by atoms with Crippen molar-refractivity contribution in [1.82, 2.24) is 14.5 Å². The molecule has 0 N–H and O–H groups in total. The van der Waals surface area contributed by atoms with E-state index in [0.717, 1.165) is 33.2 Å². The molecule has 0 amide bonds. The predicted molar refractivity (Wildman–Crippen MR) is 228 cm³/mol. The fourth-order valence-corrected chi connectivity index (χ4v) is 10.9. The van der Waals surface area contributed by atoms with Crippen molar-refractivity contribution in [2.45, 2.75) is 0 Å². The van der Waals surface area contributed by atoms with E-state index in [1.165, 1.54) is 73.0 Å². The van der Waals surface area contributed by atoms with Crippen LogP contribution in [0.25, 0.3) is 112 Å². The van der Waals surface area contributed by atoms with Crippen LogP contribution in [0.1, 0.15) is 0 Å². The molecule has 246 valence electrons. The third kappa shape index (κ3) is 4.20. The Hall–Kier alpha value is -6.40. The van der Waals surface area contributed by atoms with Crippen molar-refractivity contribution in [1.29, 1.82) is 0 Å². The highest BCUT2D eigenvalue weighted by Crippen LogP contribution is 2.48. The summed E-state index contributed by atoms with van der Waals surface area (Å²) < 4.78 is 7.52. The van der Waals surface area contributed by atoms with E-state index in [2.05, 4.69) is 168 Å². The van der Waals surface area contributed by atoms with Gasteiger partial charge < -0.3 is 0 Å². The Balaban J connectivity index is 1.14. The van der Waals surface area contributed by atoms with Crippen molar-refractivity contribution in [2.75, 3.05) is 0 Å². The standard InChI is InChI=1S/C48H27N3S2/c1-2-12-31-28(10-1)11-9-16-32(31)29-20-22-30(23-21-29)45-37-15-3-6-17-38(37)49-48(50-45)51-39-26-24-35-33-13-4-7-18-41(33)52-46(35)43(39)44-40(51)27-25-36-34-14-5-8-19-42(34)53-47(36)44/h1-27H. The van der Waals surface area contributed by atoms with Gasteiger partial charge in [0.15, 0.2) is 0 Å². The molecule has 4 heterocycles. The fraction of sp³-hybridized carbons (Fsp3) is 0. The highest BCUT2D eigenvalue weighted by atomic mass is 32.1. The third-order valence-electron chi connectivity index (χ3n) is 10.8. The van der Waals surface area contributed by atoms with Gasteiger partial charge in [0.25, 0.3) is 0 Å². The zero-order valence-electron chi connectivity index (χ0n) is 28.2. The van der Waals surface area contributed by atoms with E-state index in [0.29, 0.717) is 5.95 Å². The molecule has 5 heteroatoms. The monoisotopic (exact) mass is 709 g/mol. The summed E-state index contributed by atoms with van der Waals surface area (Å²) in [6.45, 7) is 0. The number of rotatable bonds is 3. The van der Waals surface area contributed by atoms with Crippen LogP contribution in [0.2, 0.25) is 0 Å². The van der Waals surface area contributed by atoms with E-state index in [1.54, 1.807) is 0 Å². The number of aromatic nitrogens is 3. The maximum Gasteiger partial charge on any atom is 0.235 e. The van der Waals surface area contributed by atoms with Crippen LogP contribution in [0.15, 0.2) is 164 Å². The summed E-state index contributed by atoms with van der Waals surface area (Å²) >= 11 is 3.77. The Kier molecular flexibility index (Phi) is 6.09. The lowest BCUT2D eigenvalue weighted by Crippen LogP contribution is -2.03. The largest absolute Gasteiger partial charge is 0.278 e. The third-order valence-corrected chi connectivity index (χ3v) is 13.2. The lowest BCUT2D eigenvalue weighted by Gasteiger charge is -2.12. The van der Waals surface area contributed by atoms with Gasteiger partial charge in [0.2, 0.25) is 5.95 Å². The molecule has 0 saturated heterocycles. The Morgan fingerprint density at radius 3 is 1.62 bits per heavy atom. The van der Waals surface area contributed by atoms with Gasteiger partial charge >= 0.3 is 0 Å². The fourth-order valence-electron chi connectivity index (χ4n) is 8.43. The second-order valence-corrected chi connectivity index (χ2v) is 15.8. The van der Waals surface area contributed by atoms with Gasteiger partial charge in [-0.05, 0) is 52.2 Å². The molecule has 12 rings (SSSR count). The molecule has 0 atom stereocenters. The van der Waals surface area contributed by atoms with Crippen LogP contribution in [-0.2, 0) is 0 Å². The van der Waals surface area contributed by atoms with Gasteiger partial charge in [0, 0.05) is 62.1 Å². The van der Waals surface area contributed by atoms with Crippen molar-refractivity contribution in [2.24, 2.45) is 0 Å². The molecule has 53 heavy (non-hydrogen) atoms. The number of thiophene rings is 2. The van der Waals surface area contributed by atoms with E-state index in [4.69, 9.17) is 9.97 Å². The summed E-state index contributed by atoms with van der Waals surface area (Å²) in [5, 5.41) is 11.3. The minimum Gasteiger partial charge on any atom is -0.278 e. The summed E-state index contributed by atoms with van der Waals surface area (Å²) in [6, 6.07) is 59.1. The first kappa shape index (κ1) is 29.2. The van der Waals surface area contributed by atoms with E-state index < -0.39 is 0 Å². The summed E-state index contributed by atoms with van der Waals surface area (Å²) in [7, 11) is 0. The number of fused-ring (bicyclic) bond motifs is 13. The lowest BCUT2D eigenvalue weighted by atomic mass is 9.96. The van der Waals surface area contributed by atoms with Crippen LogP contribution in [0, 0.1) is 0 Å². The number of hydrogen-bond acceptors (Lipinski definition) is 4. The number of para-hydroxylation sites is 1. The minimum atomic E-state index is 0.678. The second kappa shape index (κ2) is 11.1. The maximum atomic E-state index is 5.47. The van der Waals surface area contributed by atoms with Crippen LogP contribution in [0.3, 0.4) is 0 Å². The Bertz CT molecular complexity index is 3330. The van der Waals surface area contributed by atoms with Crippen LogP contribution >= 0.6 is 22.7 Å². The minimum absolute atomic E-state index is 0.678. The molecule has 8 aromatic carbocycles. The second-order valence-electron chi connectivity index (χ2n) is 13.7. The van der Waals surface area contributed by atoms with Crippen molar-refractivity contribution in [3.8, 4) is 28.3 Å². The molecule has 0 bridgehead atoms. The number of hydrogen-bond donors (Lipinski definition) is 0. The Labute approximate surface area is 311 Å².